The Morgan fingerprint density at radius 1 is 1.65 bits per heavy atom. The molecule has 1 fully saturated rings. The van der Waals surface area contributed by atoms with Crippen LogP contribution in [0.4, 0.5) is 5.82 Å². The molecular formula is C12H15N3O5. The zero-order valence-electron chi connectivity index (χ0n) is 10.5. The number of rotatable bonds is 3. The van der Waals surface area contributed by atoms with Crippen LogP contribution in [0, 0.1) is 12.3 Å². The molecule has 1 unspecified atom stereocenters. The monoisotopic (exact) mass is 281 g/mol. The van der Waals surface area contributed by atoms with Crippen LogP contribution >= 0.6 is 0 Å². The molecule has 0 amide bonds. The molecule has 0 saturated carbocycles. The number of nitrogens with two attached hydrogens (primary N) is 1. The number of nitrogen functional groups attached to an aromatic ring is 1. The largest absolute Gasteiger partial charge is 0.394 e. The topological polar surface area (TPSA) is 131 Å². The first kappa shape index (κ1) is 14.5. The minimum absolute atomic E-state index is 0.0244. The second-order valence-electron chi connectivity index (χ2n) is 4.56. The number of nitrogens with zero attached hydrogens (tertiary/aromatic N) is 2. The van der Waals surface area contributed by atoms with Crippen LogP contribution in [-0.4, -0.2) is 49.3 Å². The van der Waals surface area contributed by atoms with Gasteiger partial charge in [-0.3, -0.25) is 4.57 Å². The molecule has 0 spiro atoms. The van der Waals surface area contributed by atoms with Crippen molar-refractivity contribution in [3.8, 4) is 12.3 Å². The van der Waals surface area contributed by atoms with Crippen LogP contribution in [0.1, 0.15) is 12.6 Å². The van der Waals surface area contributed by atoms with Gasteiger partial charge in [-0.15, -0.1) is 12.3 Å². The average molecular weight is 281 g/mol. The zero-order chi connectivity index (χ0) is 14.9. The van der Waals surface area contributed by atoms with Crippen molar-refractivity contribution in [2.75, 3.05) is 12.3 Å². The highest BCUT2D eigenvalue weighted by molar-refractivity contribution is 5.24. The number of aliphatic hydroxyl groups excluding tert-OH is 2. The number of hydrogen-bond donors (Lipinski definition) is 4. The molecule has 1 aliphatic heterocycles. The van der Waals surface area contributed by atoms with E-state index in [0.29, 0.717) is 0 Å². The molecule has 8 heteroatoms. The third-order valence-electron chi connectivity index (χ3n) is 3.32. The molecule has 0 bridgehead atoms. The lowest BCUT2D eigenvalue weighted by molar-refractivity contribution is -0.0892. The summed E-state index contributed by atoms with van der Waals surface area (Å²) in [6.07, 6.45) is 2.41. The molecule has 0 radical (unpaired) electrons. The summed E-state index contributed by atoms with van der Waals surface area (Å²) in [6, 6.07) is 1.35. The second kappa shape index (κ2) is 5.22. The molecule has 2 heterocycles. The molecule has 1 aromatic rings. The van der Waals surface area contributed by atoms with Crippen LogP contribution in [0.2, 0.25) is 0 Å². The van der Waals surface area contributed by atoms with Crippen molar-refractivity contribution in [2.45, 2.75) is 30.5 Å². The highest BCUT2D eigenvalue weighted by atomic mass is 16.6. The van der Waals surface area contributed by atoms with E-state index >= 15 is 0 Å². The Labute approximate surface area is 114 Å². The summed E-state index contributed by atoms with van der Waals surface area (Å²) < 4.78 is 6.32. The Hall–Kier alpha value is -1.92. The lowest BCUT2D eigenvalue weighted by Crippen LogP contribution is -2.49. The molecule has 1 saturated heterocycles. The van der Waals surface area contributed by atoms with Gasteiger partial charge in [0.25, 0.3) is 0 Å². The first-order valence-electron chi connectivity index (χ1n) is 5.89. The fourth-order valence-corrected chi connectivity index (χ4v) is 2.22. The minimum Gasteiger partial charge on any atom is -0.394 e. The number of terminal acetylenes is 1. The van der Waals surface area contributed by atoms with E-state index in [0.717, 1.165) is 4.57 Å². The summed E-state index contributed by atoms with van der Waals surface area (Å²) in [6.45, 7) is -0.553. The van der Waals surface area contributed by atoms with Gasteiger partial charge in [0, 0.05) is 12.6 Å². The number of aliphatic hydroxyl groups is 3. The van der Waals surface area contributed by atoms with Gasteiger partial charge in [-0.2, -0.15) is 4.98 Å². The summed E-state index contributed by atoms with van der Waals surface area (Å²) in [5.74, 6) is 2.24. The standard InChI is InChI=1S/C12H15N3O5/c1-2-4-12(19)7(6-16)20-10(9(12)17)15-5-3-8(13)14-11(15)18/h1,3,5,7,9-10,16-17,19H,4,6H2,(H2,13,14,18)/t7-,9+,10?,12+/m1/s1. The smallest absolute Gasteiger partial charge is 0.351 e. The van der Waals surface area contributed by atoms with Crippen LogP contribution in [0.3, 0.4) is 0 Å². The predicted molar refractivity (Wildman–Crippen MR) is 68.3 cm³/mol. The van der Waals surface area contributed by atoms with E-state index in [2.05, 4.69) is 10.9 Å². The third kappa shape index (κ3) is 2.17. The van der Waals surface area contributed by atoms with Gasteiger partial charge in [-0.05, 0) is 6.07 Å². The van der Waals surface area contributed by atoms with Crippen molar-refractivity contribution in [2.24, 2.45) is 0 Å². The second-order valence-corrected chi connectivity index (χ2v) is 4.56. The van der Waals surface area contributed by atoms with Gasteiger partial charge >= 0.3 is 5.69 Å². The predicted octanol–water partition coefficient (Wildman–Crippen LogP) is -2.17. The van der Waals surface area contributed by atoms with Gasteiger partial charge < -0.3 is 25.8 Å². The van der Waals surface area contributed by atoms with E-state index in [1.807, 2.05) is 0 Å². The molecule has 0 aromatic carbocycles. The van der Waals surface area contributed by atoms with E-state index in [1.54, 1.807) is 0 Å². The highest BCUT2D eigenvalue weighted by Crippen LogP contribution is 2.38. The summed E-state index contributed by atoms with van der Waals surface area (Å²) in [4.78, 5) is 15.2. The Kier molecular flexibility index (Phi) is 3.78. The van der Waals surface area contributed by atoms with Crippen molar-refractivity contribution in [1.29, 1.82) is 0 Å². The lowest BCUT2D eigenvalue weighted by Gasteiger charge is -2.28. The van der Waals surface area contributed by atoms with E-state index in [4.69, 9.17) is 16.9 Å². The molecule has 0 aliphatic carbocycles. The van der Waals surface area contributed by atoms with Gasteiger partial charge in [0.2, 0.25) is 0 Å². The van der Waals surface area contributed by atoms with Gasteiger partial charge in [0.1, 0.15) is 23.6 Å². The Balaban J connectivity index is 2.40. The number of aromatic nitrogens is 2. The van der Waals surface area contributed by atoms with E-state index in [9.17, 15) is 20.1 Å². The third-order valence-corrected chi connectivity index (χ3v) is 3.32. The van der Waals surface area contributed by atoms with E-state index in [-0.39, 0.29) is 12.2 Å². The summed E-state index contributed by atoms with van der Waals surface area (Å²) in [5.41, 5.74) is 2.79. The van der Waals surface area contributed by atoms with Crippen LogP contribution in [0.5, 0.6) is 0 Å². The molecule has 1 aromatic heterocycles. The van der Waals surface area contributed by atoms with Crippen molar-refractivity contribution < 1.29 is 20.1 Å². The van der Waals surface area contributed by atoms with Crippen molar-refractivity contribution in [1.82, 2.24) is 9.55 Å². The van der Waals surface area contributed by atoms with Gasteiger partial charge in [0.15, 0.2) is 6.23 Å². The van der Waals surface area contributed by atoms with Gasteiger partial charge in [0.05, 0.1) is 6.61 Å². The molecule has 20 heavy (non-hydrogen) atoms. The van der Waals surface area contributed by atoms with Gasteiger partial charge in [-0.25, -0.2) is 4.79 Å². The molecule has 5 N–H and O–H groups in total. The Morgan fingerprint density at radius 3 is 2.90 bits per heavy atom. The first-order chi connectivity index (χ1) is 9.43. The quantitative estimate of drug-likeness (QED) is 0.464. The summed E-state index contributed by atoms with van der Waals surface area (Å²) >= 11 is 0. The van der Waals surface area contributed by atoms with E-state index in [1.165, 1.54) is 12.3 Å². The van der Waals surface area contributed by atoms with Crippen LogP contribution in [0.15, 0.2) is 17.1 Å². The van der Waals surface area contributed by atoms with E-state index < -0.39 is 36.3 Å². The molecule has 2 rings (SSSR count). The highest BCUT2D eigenvalue weighted by Gasteiger charge is 2.55. The Bertz CT molecular complexity index is 595. The maximum Gasteiger partial charge on any atom is 0.351 e. The zero-order valence-corrected chi connectivity index (χ0v) is 10.5. The summed E-state index contributed by atoms with van der Waals surface area (Å²) in [5, 5.41) is 29.8. The molecule has 1 aliphatic rings. The first-order valence-corrected chi connectivity index (χ1v) is 5.89. The maximum atomic E-state index is 11.7. The average Bonchev–Trinajstić information content (AvgIpc) is 2.63. The fraction of sp³-hybridized carbons (Fsp3) is 0.500. The lowest BCUT2D eigenvalue weighted by atomic mass is 9.89. The SMILES string of the molecule is C#CC[C@]1(O)[C@@H](CO)OC(n2ccc(N)nc2=O)[C@@H]1O. The fourth-order valence-electron chi connectivity index (χ4n) is 2.22. The van der Waals surface area contributed by atoms with Crippen molar-refractivity contribution in [3.05, 3.63) is 22.7 Å². The maximum absolute atomic E-state index is 11.7. The van der Waals surface area contributed by atoms with Crippen LogP contribution in [-0.2, 0) is 4.74 Å². The summed E-state index contributed by atoms with van der Waals surface area (Å²) in [7, 11) is 0. The Morgan fingerprint density at radius 2 is 2.35 bits per heavy atom. The van der Waals surface area contributed by atoms with Crippen LogP contribution in [0.25, 0.3) is 0 Å². The molecule has 8 nitrogen and oxygen atoms in total. The number of ether oxygens (including phenoxy) is 1. The molecular weight excluding hydrogens is 266 g/mol. The van der Waals surface area contributed by atoms with Crippen molar-refractivity contribution >= 4 is 5.82 Å². The van der Waals surface area contributed by atoms with Crippen LogP contribution < -0.4 is 11.4 Å². The van der Waals surface area contributed by atoms with Gasteiger partial charge in [-0.1, -0.05) is 0 Å². The number of hydrogen-bond acceptors (Lipinski definition) is 7. The number of anilines is 1. The normalized spacial score (nSPS) is 33.0. The molecule has 108 valence electrons. The molecule has 4 atom stereocenters. The van der Waals surface area contributed by atoms with Crippen molar-refractivity contribution in [3.63, 3.8) is 0 Å². The minimum atomic E-state index is -1.84.